The van der Waals surface area contributed by atoms with Gasteiger partial charge in [0, 0.05) is 39.1 Å². The van der Waals surface area contributed by atoms with Crippen LogP contribution in [0.25, 0.3) is 0 Å². The molecule has 1 aromatic rings. The third-order valence-electron chi connectivity index (χ3n) is 3.39. The average Bonchev–Trinajstić information content (AvgIpc) is 2.64. The molecule has 1 aromatic carbocycles. The number of unbranched alkanes of at least 4 members (excludes halogenated alkanes) is 1. The number of hydrogen-bond donors (Lipinski definition) is 2. The second-order valence-electron chi connectivity index (χ2n) is 5.23. The summed E-state index contributed by atoms with van der Waals surface area (Å²) in [6.45, 7) is 5.39. The van der Waals surface area contributed by atoms with Crippen molar-refractivity contribution >= 4 is 11.6 Å². The van der Waals surface area contributed by atoms with E-state index in [0.717, 1.165) is 37.4 Å². The van der Waals surface area contributed by atoms with Crippen molar-refractivity contribution < 1.29 is 18.9 Å². The van der Waals surface area contributed by atoms with Crippen LogP contribution >= 0.6 is 0 Å². The third-order valence-corrected chi connectivity index (χ3v) is 3.39. The van der Waals surface area contributed by atoms with Gasteiger partial charge in [-0.15, -0.1) is 0 Å². The average molecular weight is 353 g/mol. The molecule has 142 valence electrons. The normalized spacial score (nSPS) is 11.3. The summed E-state index contributed by atoms with van der Waals surface area (Å²) in [5.74, 6) is 2.13. The zero-order chi connectivity index (χ0) is 18.3. The first-order valence-corrected chi connectivity index (χ1v) is 8.60. The number of nitrogens with zero attached hydrogens (tertiary/aromatic N) is 1. The summed E-state index contributed by atoms with van der Waals surface area (Å²) in [7, 11) is 5.05. The van der Waals surface area contributed by atoms with Crippen molar-refractivity contribution in [3.63, 3.8) is 0 Å². The lowest BCUT2D eigenvalue weighted by Crippen LogP contribution is -2.31. The maximum atomic E-state index is 5.52. The molecule has 0 saturated carbocycles. The van der Waals surface area contributed by atoms with Crippen LogP contribution in [0.3, 0.4) is 0 Å². The minimum absolute atomic E-state index is 0.599. The number of benzene rings is 1. The van der Waals surface area contributed by atoms with Gasteiger partial charge in [-0.2, -0.15) is 0 Å². The summed E-state index contributed by atoms with van der Waals surface area (Å²) in [5.41, 5.74) is 0.885. The molecule has 0 aliphatic heterocycles. The predicted octanol–water partition coefficient (Wildman–Crippen LogP) is 2.52. The van der Waals surface area contributed by atoms with Gasteiger partial charge in [0.05, 0.1) is 26.9 Å². The number of anilines is 1. The molecule has 1 rings (SSSR count). The first kappa shape index (κ1) is 21.1. The van der Waals surface area contributed by atoms with E-state index in [9.17, 15) is 0 Å². The Morgan fingerprint density at radius 1 is 1.08 bits per heavy atom. The van der Waals surface area contributed by atoms with Crippen LogP contribution in [-0.2, 0) is 9.47 Å². The molecule has 0 aliphatic rings. The summed E-state index contributed by atoms with van der Waals surface area (Å²) < 4.78 is 21.2. The highest BCUT2D eigenvalue weighted by molar-refractivity contribution is 5.93. The maximum Gasteiger partial charge on any atom is 0.195 e. The molecule has 0 atom stereocenters. The molecule has 0 fully saturated rings. The second kappa shape index (κ2) is 13.3. The fraction of sp³-hybridized carbons (Fsp3) is 0.611. The van der Waals surface area contributed by atoms with E-state index in [1.807, 2.05) is 25.1 Å². The lowest BCUT2D eigenvalue weighted by molar-refractivity contribution is 0.0689. The van der Waals surface area contributed by atoms with Gasteiger partial charge in [-0.3, -0.25) is 4.99 Å². The number of guanidine groups is 1. The van der Waals surface area contributed by atoms with Gasteiger partial charge in [0.15, 0.2) is 17.5 Å². The van der Waals surface area contributed by atoms with Gasteiger partial charge < -0.3 is 29.6 Å². The van der Waals surface area contributed by atoms with Crippen molar-refractivity contribution in [1.29, 1.82) is 0 Å². The van der Waals surface area contributed by atoms with Gasteiger partial charge >= 0.3 is 0 Å². The highest BCUT2D eigenvalue weighted by Crippen LogP contribution is 2.30. The topological polar surface area (TPSA) is 73.3 Å². The fourth-order valence-electron chi connectivity index (χ4n) is 2.12. The van der Waals surface area contributed by atoms with E-state index in [4.69, 9.17) is 18.9 Å². The van der Waals surface area contributed by atoms with Crippen LogP contribution in [0.5, 0.6) is 11.5 Å². The van der Waals surface area contributed by atoms with E-state index in [0.29, 0.717) is 31.5 Å². The molecular formula is C18H31N3O4. The molecule has 7 nitrogen and oxygen atoms in total. The number of nitrogens with one attached hydrogen (secondary N) is 2. The minimum Gasteiger partial charge on any atom is -0.493 e. The minimum atomic E-state index is 0.599. The number of methoxy groups -OCH3 is 2. The van der Waals surface area contributed by atoms with E-state index in [1.165, 1.54) is 0 Å². The Morgan fingerprint density at radius 3 is 2.60 bits per heavy atom. The maximum absolute atomic E-state index is 5.52. The Labute approximate surface area is 150 Å². The Hall–Kier alpha value is -1.99. The highest BCUT2D eigenvalue weighted by atomic mass is 16.5. The lowest BCUT2D eigenvalue weighted by atomic mass is 10.2. The second-order valence-corrected chi connectivity index (χ2v) is 5.23. The van der Waals surface area contributed by atoms with Crippen molar-refractivity contribution in [1.82, 2.24) is 5.32 Å². The Balaban J connectivity index is 2.36. The smallest absolute Gasteiger partial charge is 0.195 e. The number of hydrogen-bond acceptors (Lipinski definition) is 5. The van der Waals surface area contributed by atoms with Crippen LogP contribution in [0.15, 0.2) is 23.2 Å². The van der Waals surface area contributed by atoms with Gasteiger partial charge in [0.1, 0.15) is 0 Å². The number of rotatable bonds is 12. The molecule has 0 amide bonds. The standard InChI is InChI=1S/C18H31N3O4/c1-5-25-16-9-8-15(14-17(16)23-4)21-18(19-2)20-10-6-7-11-24-13-12-22-3/h8-9,14H,5-7,10-13H2,1-4H3,(H2,19,20,21). The molecule has 0 bridgehead atoms. The zero-order valence-electron chi connectivity index (χ0n) is 15.8. The van der Waals surface area contributed by atoms with Gasteiger partial charge in [-0.1, -0.05) is 0 Å². The van der Waals surface area contributed by atoms with Crippen molar-refractivity contribution in [2.45, 2.75) is 19.8 Å². The molecule has 0 radical (unpaired) electrons. The molecule has 0 saturated heterocycles. The SMILES string of the molecule is CCOc1ccc(NC(=NC)NCCCCOCCOC)cc1OC. The monoisotopic (exact) mass is 353 g/mol. The lowest BCUT2D eigenvalue weighted by Gasteiger charge is -2.14. The molecule has 0 heterocycles. The zero-order valence-corrected chi connectivity index (χ0v) is 15.8. The van der Waals surface area contributed by atoms with Crippen LogP contribution in [0.1, 0.15) is 19.8 Å². The number of ether oxygens (including phenoxy) is 4. The number of aliphatic imine (C=N–C) groups is 1. The molecule has 0 spiro atoms. The van der Waals surface area contributed by atoms with Crippen LogP contribution in [0.4, 0.5) is 5.69 Å². The predicted molar refractivity (Wildman–Crippen MR) is 101 cm³/mol. The third kappa shape index (κ3) is 8.60. The van der Waals surface area contributed by atoms with E-state index in [-0.39, 0.29) is 0 Å². The van der Waals surface area contributed by atoms with Gasteiger partial charge in [0.2, 0.25) is 0 Å². The highest BCUT2D eigenvalue weighted by Gasteiger charge is 2.06. The van der Waals surface area contributed by atoms with E-state index in [2.05, 4.69) is 15.6 Å². The van der Waals surface area contributed by atoms with E-state index >= 15 is 0 Å². The van der Waals surface area contributed by atoms with Crippen LogP contribution in [-0.4, -0.2) is 60.2 Å². The van der Waals surface area contributed by atoms with E-state index in [1.54, 1.807) is 21.3 Å². The summed E-state index contributed by atoms with van der Waals surface area (Å²) in [4.78, 5) is 4.23. The van der Waals surface area contributed by atoms with Crippen LogP contribution in [0.2, 0.25) is 0 Å². The van der Waals surface area contributed by atoms with Crippen molar-refractivity contribution in [2.24, 2.45) is 4.99 Å². The largest absolute Gasteiger partial charge is 0.493 e. The molecule has 0 unspecified atom stereocenters. The van der Waals surface area contributed by atoms with E-state index < -0.39 is 0 Å². The Bertz CT molecular complexity index is 509. The molecule has 2 N–H and O–H groups in total. The van der Waals surface area contributed by atoms with Crippen LogP contribution in [0, 0.1) is 0 Å². The molecule has 25 heavy (non-hydrogen) atoms. The fourth-order valence-corrected chi connectivity index (χ4v) is 2.12. The molecule has 0 aliphatic carbocycles. The summed E-state index contributed by atoms with van der Waals surface area (Å²) in [5, 5.41) is 6.53. The summed E-state index contributed by atoms with van der Waals surface area (Å²) in [6, 6.07) is 5.71. The molecule has 0 aromatic heterocycles. The van der Waals surface area contributed by atoms with Crippen molar-refractivity contribution in [3.8, 4) is 11.5 Å². The summed E-state index contributed by atoms with van der Waals surface area (Å²) >= 11 is 0. The van der Waals surface area contributed by atoms with Crippen molar-refractivity contribution in [3.05, 3.63) is 18.2 Å². The first-order valence-electron chi connectivity index (χ1n) is 8.60. The van der Waals surface area contributed by atoms with Gasteiger partial charge in [0.25, 0.3) is 0 Å². The Kier molecular flexibility index (Phi) is 11.2. The van der Waals surface area contributed by atoms with Crippen molar-refractivity contribution in [2.75, 3.05) is 59.6 Å². The quantitative estimate of drug-likeness (QED) is 0.342. The van der Waals surface area contributed by atoms with Gasteiger partial charge in [-0.25, -0.2) is 0 Å². The first-order chi connectivity index (χ1) is 12.2. The molecular weight excluding hydrogens is 322 g/mol. The molecule has 7 heteroatoms. The summed E-state index contributed by atoms with van der Waals surface area (Å²) in [6.07, 6.45) is 1.99. The van der Waals surface area contributed by atoms with Gasteiger partial charge in [-0.05, 0) is 31.9 Å². The van der Waals surface area contributed by atoms with Crippen LogP contribution < -0.4 is 20.1 Å². The Morgan fingerprint density at radius 2 is 1.92 bits per heavy atom.